The van der Waals surface area contributed by atoms with Crippen LogP contribution in [0.2, 0.25) is 0 Å². The second-order valence-corrected chi connectivity index (χ2v) is 4.28. The molecule has 2 N–H and O–H groups in total. The van der Waals surface area contributed by atoms with Crippen LogP contribution in [0.5, 0.6) is 0 Å². The lowest BCUT2D eigenvalue weighted by molar-refractivity contribution is -0.0627. The Morgan fingerprint density at radius 2 is 2.47 bits per heavy atom. The molecule has 1 rings (SSSR count). The summed E-state index contributed by atoms with van der Waals surface area (Å²) in [5, 5.41) is 0. The number of nitrogens with two attached hydrogens (primary N) is 1. The van der Waals surface area contributed by atoms with Gasteiger partial charge in [-0.15, -0.1) is 12.3 Å². The number of nitrogens with zero attached hydrogens (tertiary/aromatic N) is 1. The van der Waals surface area contributed by atoms with Gasteiger partial charge in [0.2, 0.25) is 0 Å². The molecular formula is C11H18N2O2. The summed E-state index contributed by atoms with van der Waals surface area (Å²) in [6, 6.07) is 0. The Hall–Kier alpha value is -1.21. The molecular weight excluding hydrogens is 192 g/mol. The molecule has 4 nitrogen and oxygen atoms in total. The third kappa shape index (κ3) is 2.63. The normalized spacial score (nSPS) is 31.9. The van der Waals surface area contributed by atoms with Gasteiger partial charge in [-0.1, -0.05) is 6.92 Å². The summed E-state index contributed by atoms with van der Waals surface area (Å²) in [6.45, 7) is 3.78. The first-order valence-corrected chi connectivity index (χ1v) is 5.10. The van der Waals surface area contributed by atoms with Crippen molar-refractivity contribution < 1.29 is 9.53 Å². The maximum atomic E-state index is 10.9. The number of likely N-dealkylation sites (tertiary alicyclic amines) is 1. The number of piperidine rings is 1. The summed E-state index contributed by atoms with van der Waals surface area (Å²) in [5.41, 5.74) is 4.53. The van der Waals surface area contributed by atoms with Crippen molar-refractivity contribution in [3.63, 3.8) is 0 Å². The van der Waals surface area contributed by atoms with E-state index in [0.29, 0.717) is 6.42 Å². The Morgan fingerprint density at radius 3 is 2.93 bits per heavy atom. The van der Waals surface area contributed by atoms with Crippen LogP contribution in [0.15, 0.2) is 0 Å². The zero-order valence-corrected chi connectivity index (χ0v) is 9.32. The van der Waals surface area contributed by atoms with Gasteiger partial charge in [-0.05, 0) is 7.05 Å². The van der Waals surface area contributed by atoms with Crippen molar-refractivity contribution in [2.75, 3.05) is 20.1 Å². The summed E-state index contributed by atoms with van der Waals surface area (Å²) < 4.78 is 5.25. The molecule has 4 heteroatoms. The lowest BCUT2D eigenvalue weighted by Gasteiger charge is -2.43. The lowest BCUT2D eigenvalue weighted by Crippen LogP contribution is -2.52. The van der Waals surface area contributed by atoms with Crippen LogP contribution in [-0.2, 0) is 4.74 Å². The van der Waals surface area contributed by atoms with Gasteiger partial charge in [0.15, 0.2) is 0 Å². The molecule has 15 heavy (non-hydrogen) atoms. The van der Waals surface area contributed by atoms with E-state index >= 15 is 0 Å². The molecule has 2 atom stereocenters. The SMILES string of the molecule is C#CCC1(OC(N)=O)CCN(C)CC1C. The molecule has 0 aromatic carbocycles. The van der Waals surface area contributed by atoms with Crippen LogP contribution < -0.4 is 5.73 Å². The van der Waals surface area contributed by atoms with Gasteiger partial charge in [0.25, 0.3) is 0 Å². The molecule has 0 radical (unpaired) electrons. The molecule has 1 heterocycles. The first kappa shape index (κ1) is 11.9. The largest absolute Gasteiger partial charge is 0.442 e. The molecule has 0 saturated carbocycles. The number of hydrogen-bond donors (Lipinski definition) is 1. The Bertz CT molecular complexity index is 285. The molecule has 1 aliphatic rings. The average molecular weight is 210 g/mol. The van der Waals surface area contributed by atoms with Crippen molar-refractivity contribution in [3.05, 3.63) is 0 Å². The second kappa shape index (κ2) is 4.54. The van der Waals surface area contributed by atoms with Gasteiger partial charge < -0.3 is 15.4 Å². The number of hydrogen-bond acceptors (Lipinski definition) is 3. The highest BCUT2D eigenvalue weighted by molar-refractivity contribution is 5.65. The van der Waals surface area contributed by atoms with E-state index in [1.54, 1.807) is 0 Å². The number of ether oxygens (including phenoxy) is 1. The fourth-order valence-electron chi connectivity index (χ4n) is 2.18. The minimum atomic E-state index is -0.735. The molecule has 0 aromatic rings. The minimum Gasteiger partial charge on any atom is -0.442 e. The lowest BCUT2D eigenvalue weighted by atomic mass is 9.79. The number of terminal acetylenes is 1. The van der Waals surface area contributed by atoms with Gasteiger partial charge in [-0.25, -0.2) is 4.79 Å². The van der Waals surface area contributed by atoms with Crippen LogP contribution in [0.4, 0.5) is 4.79 Å². The molecule has 0 spiro atoms. The van der Waals surface area contributed by atoms with E-state index in [-0.39, 0.29) is 5.92 Å². The van der Waals surface area contributed by atoms with E-state index in [1.807, 2.05) is 14.0 Å². The molecule has 1 saturated heterocycles. The number of carbonyl (C=O) groups excluding carboxylic acids is 1. The zero-order chi connectivity index (χ0) is 11.5. The molecule has 0 bridgehead atoms. The van der Waals surface area contributed by atoms with Crippen molar-refractivity contribution >= 4 is 6.09 Å². The highest BCUT2D eigenvalue weighted by Crippen LogP contribution is 2.33. The number of primary amides is 1. The smallest absolute Gasteiger partial charge is 0.405 e. The van der Waals surface area contributed by atoms with Crippen LogP contribution >= 0.6 is 0 Å². The topological polar surface area (TPSA) is 55.6 Å². The van der Waals surface area contributed by atoms with Crippen molar-refractivity contribution in [1.82, 2.24) is 4.90 Å². The van der Waals surface area contributed by atoms with E-state index in [4.69, 9.17) is 16.9 Å². The number of carbonyl (C=O) groups is 1. The third-order valence-electron chi connectivity index (χ3n) is 3.11. The predicted octanol–water partition coefficient (Wildman–Crippen LogP) is 0.815. The maximum Gasteiger partial charge on any atom is 0.405 e. The first-order valence-electron chi connectivity index (χ1n) is 5.10. The summed E-state index contributed by atoms with van der Waals surface area (Å²) in [4.78, 5) is 13.1. The van der Waals surface area contributed by atoms with Gasteiger partial charge >= 0.3 is 6.09 Å². The molecule has 1 amide bonds. The molecule has 84 valence electrons. The van der Waals surface area contributed by atoms with E-state index in [2.05, 4.69) is 10.8 Å². The highest BCUT2D eigenvalue weighted by atomic mass is 16.6. The van der Waals surface area contributed by atoms with Crippen molar-refractivity contribution in [1.29, 1.82) is 0 Å². The van der Waals surface area contributed by atoms with Crippen LogP contribution in [0.1, 0.15) is 19.8 Å². The Labute approximate surface area is 90.8 Å². The van der Waals surface area contributed by atoms with Crippen molar-refractivity contribution in [2.45, 2.75) is 25.4 Å². The van der Waals surface area contributed by atoms with Crippen LogP contribution in [-0.4, -0.2) is 36.7 Å². The van der Waals surface area contributed by atoms with Crippen molar-refractivity contribution in [3.8, 4) is 12.3 Å². The number of amides is 1. The Morgan fingerprint density at radius 1 is 1.80 bits per heavy atom. The Balaban J connectivity index is 2.80. The molecule has 0 aromatic heterocycles. The van der Waals surface area contributed by atoms with Crippen LogP contribution in [0.3, 0.4) is 0 Å². The summed E-state index contributed by atoms with van der Waals surface area (Å²) in [5.74, 6) is 2.79. The monoisotopic (exact) mass is 210 g/mol. The van der Waals surface area contributed by atoms with Gasteiger partial charge in [-0.2, -0.15) is 0 Å². The molecule has 1 fully saturated rings. The number of rotatable bonds is 2. The molecule has 1 aliphatic heterocycles. The van der Waals surface area contributed by atoms with Gasteiger partial charge in [-0.3, -0.25) is 0 Å². The van der Waals surface area contributed by atoms with Gasteiger partial charge in [0.05, 0.1) is 0 Å². The average Bonchev–Trinajstić information content (AvgIpc) is 2.11. The quantitative estimate of drug-likeness (QED) is 0.686. The fraction of sp³-hybridized carbons (Fsp3) is 0.727. The predicted molar refractivity (Wildman–Crippen MR) is 58.1 cm³/mol. The van der Waals surface area contributed by atoms with E-state index < -0.39 is 11.7 Å². The third-order valence-corrected chi connectivity index (χ3v) is 3.11. The highest BCUT2D eigenvalue weighted by Gasteiger charge is 2.42. The zero-order valence-electron chi connectivity index (χ0n) is 9.32. The summed E-state index contributed by atoms with van der Waals surface area (Å²) >= 11 is 0. The van der Waals surface area contributed by atoms with E-state index in [0.717, 1.165) is 19.5 Å². The fourth-order valence-corrected chi connectivity index (χ4v) is 2.18. The minimum absolute atomic E-state index is 0.208. The molecule has 0 aliphatic carbocycles. The van der Waals surface area contributed by atoms with Crippen LogP contribution in [0, 0.1) is 18.3 Å². The van der Waals surface area contributed by atoms with Crippen LogP contribution in [0.25, 0.3) is 0 Å². The van der Waals surface area contributed by atoms with E-state index in [1.165, 1.54) is 0 Å². The van der Waals surface area contributed by atoms with Crippen molar-refractivity contribution in [2.24, 2.45) is 11.7 Å². The second-order valence-electron chi connectivity index (χ2n) is 4.28. The Kier molecular flexibility index (Phi) is 3.59. The molecule has 2 unspecified atom stereocenters. The first-order chi connectivity index (χ1) is 7.00. The standard InChI is InChI=1S/C11H18N2O2/c1-4-5-11(15-10(12)14)6-7-13(3)8-9(11)2/h1,9H,5-8H2,2-3H3,(H2,12,14). The maximum absolute atomic E-state index is 10.9. The van der Waals surface area contributed by atoms with E-state index in [9.17, 15) is 4.79 Å². The summed E-state index contributed by atoms with van der Waals surface area (Å²) in [6.07, 6.45) is 5.77. The van der Waals surface area contributed by atoms with Gasteiger partial charge in [0, 0.05) is 31.8 Å². The van der Waals surface area contributed by atoms with Gasteiger partial charge in [0.1, 0.15) is 5.60 Å². The summed E-state index contributed by atoms with van der Waals surface area (Å²) in [7, 11) is 2.04.